The molecule has 0 unspecified atom stereocenters. The fraction of sp³-hybridized carbons (Fsp3) is 0.160. The van der Waals surface area contributed by atoms with Crippen molar-refractivity contribution in [3.8, 4) is 11.6 Å². The molecule has 0 fully saturated rings. The lowest BCUT2D eigenvalue weighted by atomic mass is 10.2. The van der Waals surface area contributed by atoms with E-state index < -0.39 is 0 Å². The third-order valence-corrected chi connectivity index (χ3v) is 5.98. The van der Waals surface area contributed by atoms with Crippen LogP contribution in [0.3, 0.4) is 0 Å². The van der Waals surface area contributed by atoms with E-state index in [1.807, 2.05) is 13.8 Å². The van der Waals surface area contributed by atoms with Gasteiger partial charge in [-0.3, -0.25) is 13.5 Å². The van der Waals surface area contributed by atoms with Gasteiger partial charge in [0, 0.05) is 5.69 Å². The summed E-state index contributed by atoms with van der Waals surface area (Å²) in [6.45, 7) is 8.19. The predicted molar refractivity (Wildman–Crippen MR) is 123 cm³/mol. The highest BCUT2D eigenvalue weighted by molar-refractivity contribution is 5.86. The Morgan fingerprint density at radius 3 is 2.23 bits per heavy atom. The van der Waals surface area contributed by atoms with Crippen molar-refractivity contribution < 1.29 is 0 Å². The van der Waals surface area contributed by atoms with Gasteiger partial charge in [-0.25, -0.2) is 15.0 Å². The summed E-state index contributed by atoms with van der Waals surface area (Å²) in [5.41, 5.74) is 9.29. The van der Waals surface area contributed by atoms with Crippen molar-refractivity contribution in [2.24, 2.45) is 0 Å². The highest BCUT2D eigenvalue weighted by Gasteiger charge is 2.23. The molecule has 0 amide bonds. The molecule has 4 aromatic heterocycles. The van der Waals surface area contributed by atoms with Crippen LogP contribution < -0.4 is 0 Å². The molecule has 6 nitrogen and oxygen atoms in total. The van der Waals surface area contributed by atoms with E-state index in [0.29, 0.717) is 0 Å². The Morgan fingerprint density at radius 2 is 1.42 bits per heavy atom. The Morgan fingerprint density at radius 1 is 0.677 bits per heavy atom. The number of aromatic nitrogens is 6. The standard InChI is InChI=1S/C25H22N6/c1-15-9-5-6-10-19(15)31-24-23(17(3)26-18(4)27-24)28-25(31)30-21-12-8-7-11-20(21)29-16(2)13-14-22(29)30/h5-14H,1-4H3. The van der Waals surface area contributed by atoms with Gasteiger partial charge in [0.15, 0.2) is 5.65 Å². The topological polar surface area (TPSA) is 52.9 Å². The Hall–Kier alpha value is -3.93. The normalized spacial score (nSPS) is 11.9. The van der Waals surface area contributed by atoms with E-state index in [1.165, 1.54) is 5.69 Å². The van der Waals surface area contributed by atoms with Crippen LogP contribution in [0.5, 0.6) is 0 Å². The van der Waals surface area contributed by atoms with Crippen LogP contribution >= 0.6 is 0 Å². The van der Waals surface area contributed by atoms with Crippen molar-refractivity contribution >= 4 is 27.8 Å². The lowest BCUT2D eigenvalue weighted by molar-refractivity contribution is 0.927. The number of nitrogens with zero attached hydrogens (tertiary/aromatic N) is 6. The van der Waals surface area contributed by atoms with E-state index >= 15 is 0 Å². The second kappa shape index (κ2) is 6.28. The highest BCUT2D eigenvalue weighted by Crippen LogP contribution is 2.32. The van der Waals surface area contributed by atoms with Crippen LogP contribution in [0.15, 0.2) is 60.7 Å². The Labute approximate surface area is 179 Å². The van der Waals surface area contributed by atoms with Crippen molar-refractivity contribution in [3.63, 3.8) is 0 Å². The first-order valence-electron chi connectivity index (χ1n) is 10.4. The zero-order chi connectivity index (χ0) is 21.3. The van der Waals surface area contributed by atoms with Gasteiger partial charge in [0.25, 0.3) is 0 Å². The third-order valence-electron chi connectivity index (χ3n) is 5.98. The molecule has 0 radical (unpaired) electrons. The quantitative estimate of drug-likeness (QED) is 0.395. The molecule has 0 aliphatic rings. The van der Waals surface area contributed by atoms with Crippen LogP contribution in [-0.4, -0.2) is 28.5 Å². The van der Waals surface area contributed by atoms with Gasteiger partial charge in [0.1, 0.15) is 17.0 Å². The second-order valence-electron chi connectivity index (χ2n) is 8.05. The number of imidazole rings is 2. The van der Waals surface area contributed by atoms with Crippen molar-refractivity contribution in [1.82, 2.24) is 28.5 Å². The number of rotatable bonds is 2. The van der Waals surface area contributed by atoms with Crippen LogP contribution in [0, 0.1) is 27.7 Å². The van der Waals surface area contributed by atoms with E-state index in [1.54, 1.807) is 0 Å². The van der Waals surface area contributed by atoms with Crippen molar-refractivity contribution in [2.45, 2.75) is 27.7 Å². The third kappa shape index (κ3) is 2.42. The predicted octanol–water partition coefficient (Wildman–Crippen LogP) is 5.25. The summed E-state index contributed by atoms with van der Waals surface area (Å²) < 4.78 is 6.67. The van der Waals surface area contributed by atoms with Gasteiger partial charge < -0.3 is 0 Å². The number of aryl methyl sites for hydroxylation is 4. The number of fused-ring (bicyclic) bond motifs is 4. The van der Waals surface area contributed by atoms with E-state index in [-0.39, 0.29) is 0 Å². The molecular weight excluding hydrogens is 384 g/mol. The molecule has 0 atom stereocenters. The van der Waals surface area contributed by atoms with Crippen LogP contribution in [0.4, 0.5) is 0 Å². The molecule has 0 aliphatic carbocycles. The largest absolute Gasteiger partial charge is 0.298 e. The molecule has 6 rings (SSSR count). The first-order chi connectivity index (χ1) is 15.0. The first-order valence-corrected chi connectivity index (χ1v) is 10.4. The molecule has 6 heteroatoms. The van der Waals surface area contributed by atoms with E-state index in [0.717, 1.165) is 56.6 Å². The maximum absolute atomic E-state index is 5.11. The van der Waals surface area contributed by atoms with Gasteiger partial charge in [0.2, 0.25) is 5.95 Å². The molecule has 152 valence electrons. The van der Waals surface area contributed by atoms with Gasteiger partial charge in [0.05, 0.1) is 22.4 Å². The molecule has 0 saturated heterocycles. The number of hydrogen-bond donors (Lipinski definition) is 0. The lowest BCUT2D eigenvalue weighted by Gasteiger charge is -2.13. The van der Waals surface area contributed by atoms with Crippen molar-refractivity contribution in [2.75, 3.05) is 0 Å². The monoisotopic (exact) mass is 406 g/mol. The average Bonchev–Trinajstić information content (AvgIpc) is 3.40. The first kappa shape index (κ1) is 17.9. The van der Waals surface area contributed by atoms with Crippen LogP contribution in [-0.2, 0) is 0 Å². The molecule has 0 aliphatic heterocycles. The zero-order valence-corrected chi connectivity index (χ0v) is 18.0. The molecule has 0 saturated carbocycles. The summed E-state index contributed by atoms with van der Waals surface area (Å²) >= 11 is 0. The van der Waals surface area contributed by atoms with Crippen LogP contribution in [0.1, 0.15) is 22.8 Å². The molecule has 4 heterocycles. The molecule has 0 N–H and O–H groups in total. The van der Waals surface area contributed by atoms with Gasteiger partial charge in [-0.2, -0.15) is 0 Å². The Bertz CT molecular complexity index is 1630. The smallest absolute Gasteiger partial charge is 0.223 e. The maximum Gasteiger partial charge on any atom is 0.223 e. The molecule has 0 spiro atoms. The second-order valence-corrected chi connectivity index (χ2v) is 8.05. The maximum atomic E-state index is 5.11. The molecule has 31 heavy (non-hydrogen) atoms. The highest BCUT2D eigenvalue weighted by atomic mass is 15.3. The van der Waals surface area contributed by atoms with Gasteiger partial charge in [-0.05, 0) is 63.6 Å². The summed E-state index contributed by atoms with van der Waals surface area (Å²) in [5.74, 6) is 1.56. The fourth-order valence-corrected chi connectivity index (χ4v) is 4.60. The number of hydrogen-bond acceptors (Lipinski definition) is 3. The minimum absolute atomic E-state index is 0.743. The van der Waals surface area contributed by atoms with E-state index in [4.69, 9.17) is 9.97 Å². The molecule has 6 aromatic rings. The SMILES string of the molecule is Cc1nc(C)c2nc(-n3c4ccccc4n4c(C)ccc34)n(-c3ccccc3C)c2n1. The van der Waals surface area contributed by atoms with Crippen molar-refractivity contribution in [1.29, 1.82) is 0 Å². The van der Waals surface area contributed by atoms with Crippen molar-refractivity contribution in [3.05, 3.63) is 83.4 Å². The average molecular weight is 406 g/mol. The minimum atomic E-state index is 0.743. The number of para-hydroxylation sites is 3. The van der Waals surface area contributed by atoms with E-state index in [9.17, 15) is 0 Å². The summed E-state index contributed by atoms with van der Waals surface area (Å²) in [7, 11) is 0. The summed E-state index contributed by atoms with van der Waals surface area (Å²) in [6.07, 6.45) is 0. The summed E-state index contributed by atoms with van der Waals surface area (Å²) in [5, 5.41) is 0. The molecular formula is C25H22N6. The Kier molecular flexibility index (Phi) is 3.63. The zero-order valence-electron chi connectivity index (χ0n) is 18.0. The molecule has 2 aromatic carbocycles. The summed E-state index contributed by atoms with van der Waals surface area (Å²) in [6, 6.07) is 21.1. The van der Waals surface area contributed by atoms with Crippen LogP contribution in [0.2, 0.25) is 0 Å². The molecule has 0 bridgehead atoms. The van der Waals surface area contributed by atoms with Gasteiger partial charge in [-0.1, -0.05) is 30.3 Å². The number of benzene rings is 2. The van der Waals surface area contributed by atoms with Crippen LogP contribution in [0.25, 0.3) is 39.5 Å². The lowest BCUT2D eigenvalue weighted by Crippen LogP contribution is -2.07. The van der Waals surface area contributed by atoms with Gasteiger partial charge >= 0.3 is 0 Å². The van der Waals surface area contributed by atoms with E-state index in [2.05, 4.69) is 93.0 Å². The fourth-order valence-electron chi connectivity index (χ4n) is 4.60. The minimum Gasteiger partial charge on any atom is -0.298 e. The summed E-state index contributed by atoms with van der Waals surface area (Å²) in [4.78, 5) is 14.5. The van der Waals surface area contributed by atoms with Gasteiger partial charge in [-0.15, -0.1) is 0 Å². The Balaban J connectivity index is 1.85.